The van der Waals surface area contributed by atoms with Crippen molar-refractivity contribution in [1.29, 1.82) is 0 Å². The summed E-state index contributed by atoms with van der Waals surface area (Å²) in [6, 6.07) is 9.72. The maximum Gasteiger partial charge on any atom is 0.261 e. The van der Waals surface area contributed by atoms with Crippen molar-refractivity contribution >= 4 is 16.4 Å². The van der Waals surface area contributed by atoms with Crippen LogP contribution < -0.4 is 5.56 Å². The molecule has 2 aromatic heterocycles. The molecule has 0 radical (unpaired) electrons. The molecule has 18 heavy (non-hydrogen) atoms. The lowest BCUT2D eigenvalue weighted by molar-refractivity contribution is 0.299. The van der Waals surface area contributed by atoms with Crippen molar-refractivity contribution in [2.75, 3.05) is 6.61 Å². The summed E-state index contributed by atoms with van der Waals surface area (Å²) in [5, 5.41) is 10.9. The smallest absolute Gasteiger partial charge is 0.261 e. The maximum atomic E-state index is 12.2. The van der Waals surface area contributed by atoms with E-state index in [-0.39, 0.29) is 12.2 Å². The zero-order valence-electron chi connectivity index (χ0n) is 9.71. The lowest BCUT2D eigenvalue weighted by atomic mass is 10.1. The molecule has 3 aromatic rings. The number of benzene rings is 1. The van der Waals surface area contributed by atoms with E-state index in [4.69, 9.17) is 5.11 Å². The lowest BCUT2D eigenvalue weighted by Crippen LogP contribution is -2.20. The van der Waals surface area contributed by atoms with Gasteiger partial charge >= 0.3 is 0 Å². The summed E-state index contributed by atoms with van der Waals surface area (Å²) in [6.45, 7) is -0.0451. The van der Waals surface area contributed by atoms with Crippen molar-refractivity contribution < 1.29 is 5.11 Å². The van der Waals surface area contributed by atoms with Gasteiger partial charge < -0.3 is 5.11 Å². The molecular weight excluding hydrogens is 228 g/mol. The third-order valence-corrected chi connectivity index (χ3v) is 3.05. The Hall–Kier alpha value is -2.20. The number of rotatable bonds is 2. The molecule has 90 valence electrons. The Morgan fingerprint density at radius 1 is 1.22 bits per heavy atom. The van der Waals surface area contributed by atoms with Crippen molar-refractivity contribution in [2.45, 2.75) is 6.42 Å². The van der Waals surface area contributed by atoms with Gasteiger partial charge in [0.25, 0.3) is 5.56 Å². The predicted octanol–water partition coefficient (Wildman–Crippen LogP) is 1.38. The number of pyridine rings is 1. The highest BCUT2D eigenvalue weighted by Gasteiger charge is 2.06. The standard InChI is InChI=1S/C14H12N2O2/c17-8-6-11-9-15-13-12-4-2-1-3-10(12)5-7-16(13)14(11)18/h1-5,7,9,17H,6,8H2. The first kappa shape index (κ1) is 10.9. The van der Waals surface area contributed by atoms with Crippen LogP contribution in [0.1, 0.15) is 5.56 Å². The topological polar surface area (TPSA) is 54.6 Å². The maximum absolute atomic E-state index is 12.2. The Balaban J connectivity index is 2.41. The molecular formula is C14H12N2O2. The summed E-state index contributed by atoms with van der Waals surface area (Å²) in [5.74, 6) is 0. The highest BCUT2D eigenvalue weighted by Crippen LogP contribution is 2.16. The number of aliphatic hydroxyl groups is 1. The molecule has 0 aliphatic rings. The van der Waals surface area contributed by atoms with E-state index < -0.39 is 0 Å². The summed E-state index contributed by atoms with van der Waals surface area (Å²) >= 11 is 0. The van der Waals surface area contributed by atoms with Crippen LogP contribution >= 0.6 is 0 Å². The lowest BCUT2D eigenvalue weighted by Gasteiger charge is -2.06. The van der Waals surface area contributed by atoms with Crippen LogP contribution in [0, 0.1) is 0 Å². The summed E-state index contributed by atoms with van der Waals surface area (Å²) in [5.41, 5.74) is 1.07. The summed E-state index contributed by atoms with van der Waals surface area (Å²) < 4.78 is 1.54. The Bertz CT molecular complexity index is 777. The Morgan fingerprint density at radius 3 is 2.89 bits per heavy atom. The third kappa shape index (κ3) is 1.58. The summed E-state index contributed by atoms with van der Waals surface area (Å²) in [7, 11) is 0. The monoisotopic (exact) mass is 240 g/mol. The normalized spacial score (nSPS) is 11.2. The van der Waals surface area contributed by atoms with Gasteiger partial charge in [-0.15, -0.1) is 0 Å². The van der Waals surface area contributed by atoms with Gasteiger partial charge in [-0.2, -0.15) is 0 Å². The largest absolute Gasteiger partial charge is 0.396 e. The van der Waals surface area contributed by atoms with Crippen molar-refractivity contribution in [3.63, 3.8) is 0 Å². The van der Waals surface area contributed by atoms with Crippen molar-refractivity contribution in [3.05, 3.63) is 58.6 Å². The van der Waals surface area contributed by atoms with E-state index in [2.05, 4.69) is 4.98 Å². The van der Waals surface area contributed by atoms with E-state index in [0.29, 0.717) is 17.6 Å². The van der Waals surface area contributed by atoms with Crippen LogP contribution in [0.5, 0.6) is 0 Å². The molecule has 0 fully saturated rings. The van der Waals surface area contributed by atoms with Crippen LogP contribution in [0.15, 0.2) is 47.5 Å². The van der Waals surface area contributed by atoms with E-state index in [0.717, 1.165) is 10.8 Å². The van der Waals surface area contributed by atoms with Crippen molar-refractivity contribution in [3.8, 4) is 0 Å². The fourth-order valence-corrected chi connectivity index (χ4v) is 2.14. The fourth-order valence-electron chi connectivity index (χ4n) is 2.14. The minimum absolute atomic E-state index is 0.0451. The average molecular weight is 240 g/mol. The van der Waals surface area contributed by atoms with Crippen LogP contribution in [0.3, 0.4) is 0 Å². The molecule has 0 spiro atoms. The van der Waals surface area contributed by atoms with Gasteiger partial charge in [0, 0.05) is 36.4 Å². The average Bonchev–Trinajstić information content (AvgIpc) is 2.42. The van der Waals surface area contributed by atoms with Gasteiger partial charge in [-0.05, 0) is 11.5 Å². The molecule has 0 saturated heterocycles. The van der Waals surface area contributed by atoms with Crippen molar-refractivity contribution in [1.82, 2.24) is 9.38 Å². The number of nitrogens with zero attached hydrogens (tertiary/aromatic N) is 2. The summed E-state index contributed by atoms with van der Waals surface area (Å²) in [6.07, 6.45) is 3.62. The number of aromatic nitrogens is 2. The molecule has 4 nitrogen and oxygen atoms in total. The van der Waals surface area contributed by atoms with Gasteiger partial charge in [-0.3, -0.25) is 9.20 Å². The molecule has 0 atom stereocenters. The zero-order chi connectivity index (χ0) is 12.5. The Morgan fingerprint density at radius 2 is 2.06 bits per heavy atom. The first-order valence-electron chi connectivity index (χ1n) is 5.80. The van der Waals surface area contributed by atoms with Gasteiger partial charge in [0.1, 0.15) is 5.65 Å². The zero-order valence-corrected chi connectivity index (χ0v) is 9.71. The third-order valence-electron chi connectivity index (χ3n) is 3.05. The van der Waals surface area contributed by atoms with Crippen LogP contribution in [0.4, 0.5) is 0 Å². The molecule has 2 heterocycles. The number of hydrogen-bond acceptors (Lipinski definition) is 3. The number of hydrogen-bond donors (Lipinski definition) is 1. The van der Waals surface area contributed by atoms with Gasteiger partial charge in [0.2, 0.25) is 0 Å². The second-order valence-corrected chi connectivity index (χ2v) is 4.16. The van der Waals surface area contributed by atoms with Crippen LogP contribution in [-0.2, 0) is 6.42 Å². The molecule has 0 unspecified atom stereocenters. The number of fused-ring (bicyclic) bond motifs is 3. The van der Waals surface area contributed by atoms with E-state index in [1.807, 2.05) is 30.3 Å². The second-order valence-electron chi connectivity index (χ2n) is 4.16. The molecule has 0 amide bonds. The van der Waals surface area contributed by atoms with Crippen LogP contribution in [0.2, 0.25) is 0 Å². The Labute approximate surface area is 103 Å². The Kier molecular flexibility index (Phi) is 2.57. The minimum atomic E-state index is -0.111. The molecule has 4 heteroatoms. The molecule has 0 bridgehead atoms. The van der Waals surface area contributed by atoms with Crippen LogP contribution in [-0.4, -0.2) is 21.1 Å². The molecule has 0 aliphatic carbocycles. The fraction of sp³-hybridized carbons (Fsp3) is 0.143. The quantitative estimate of drug-likeness (QED) is 0.688. The highest BCUT2D eigenvalue weighted by atomic mass is 16.3. The molecule has 3 rings (SSSR count). The highest BCUT2D eigenvalue weighted by molar-refractivity contribution is 5.93. The van der Waals surface area contributed by atoms with Gasteiger partial charge in [0.15, 0.2) is 0 Å². The van der Waals surface area contributed by atoms with E-state index in [9.17, 15) is 4.79 Å². The number of aliphatic hydroxyl groups excluding tert-OH is 1. The first-order valence-corrected chi connectivity index (χ1v) is 5.80. The first-order chi connectivity index (χ1) is 8.81. The van der Waals surface area contributed by atoms with E-state index >= 15 is 0 Å². The SMILES string of the molecule is O=c1c(CCO)cnc2c3ccccc3ccn12. The molecule has 1 aromatic carbocycles. The van der Waals surface area contributed by atoms with E-state index in [1.165, 1.54) is 4.40 Å². The van der Waals surface area contributed by atoms with Gasteiger partial charge in [0.05, 0.1) is 0 Å². The second kappa shape index (κ2) is 4.23. The summed E-state index contributed by atoms with van der Waals surface area (Å²) in [4.78, 5) is 16.5. The minimum Gasteiger partial charge on any atom is -0.396 e. The molecule has 0 aliphatic heterocycles. The van der Waals surface area contributed by atoms with Crippen molar-refractivity contribution in [2.24, 2.45) is 0 Å². The molecule has 0 saturated carbocycles. The van der Waals surface area contributed by atoms with E-state index in [1.54, 1.807) is 12.4 Å². The van der Waals surface area contributed by atoms with Crippen LogP contribution in [0.25, 0.3) is 16.4 Å². The predicted molar refractivity (Wildman–Crippen MR) is 69.8 cm³/mol. The van der Waals surface area contributed by atoms with Gasteiger partial charge in [-0.25, -0.2) is 4.98 Å². The van der Waals surface area contributed by atoms with Gasteiger partial charge in [-0.1, -0.05) is 24.3 Å². The molecule has 1 N–H and O–H groups in total.